The maximum absolute atomic E-state index is 5.34. The van der Waals surface area contributed by atoms with Crippen molar-refractivity contribution >= 4 is 5.82 Å². The van der Waals surface area contributed by atoms with Gasteiger partial charge in [-0.1, -0.05) is 0 Å². The molecule has 20 heavy (non-hydrogen) atoms. The molecule has 0 saturated carbocycles. The summed E-state index contributed by atoms with van der Waals surface area (Å²) in [4.78, 5) is 17.1. The first kappa shape index (κ1) is 12.8. The largest absolute Gasteiger partial charge is 0.478 e. The number of nitrogens with one attached hydrogen (secondary N) is 1. The fraction of sp³-hybridized carbons (Fsp3) is 0.429. The van der Waals surface area contributed by atoms with Crippen LogP contribution in [0.2, 0.25) is 0 Å². The van der Waals surface area contributed by atoms with Crippen LogP contribution < -0.4 is 10.1 Å². The molecule has 2 heterocycles. The van der Waals surface area contributed by atoms with E-state index in [1.165, 1.54) is 24.0 Å². The van der Waals surface area contributed by atoms with Gasteiger partial charge < -0.3 is 10.1 Å². The molecule has 0 fully saturated rings. The fourth-order valence-corrected chi connectivity index (χ4v) is 2.27. The Balaban J connectivity index is 1.65. The molecule has 6 heteroatoms. The summed E-state index contributed by atoms with van der Waals surface area (Å²) in [7, 11) is 0. The lowest BCUT2D eigenvalue weighted by Crippen LogP contribution is -2.07. The molecular weight excluding hydrogens is 254 g/mol. The van der Waals surface area contributed by atoms with Crippen molar-refractivity contribution in [1.29, 1.82) is 0 Å². The molecule has 6 nitrogen and oxygen atoms in total. The third-order valence-electron chi connectivity index (χ3n) is 3.23. The summed E-state index contributed by atoms with van der Waals surface area (Å²) >= 11 is 0. The van der Waals surface area contributed by atoms with Gasteiger partial charge in [-0.15, -0.1) is 0 Å². The molecule has 0 atom stereocenters. The van der Waals surface area contributed by atoms with E-state index < -0.39 is 0 Å². The highest BCUT2D eigenvalue weighted by molar-refractivity contribution is 5.37. The van der Waals surface area contributed by atoms with Gasteiger partial charge in [0.25, 0.3) is 0 Å². The molecule has 0 aromatic carbocycles. The van der Waals surface area contributed by atoms with Gasteiger partial charge in [0, 0.05) is 18.0 Å². The van der Waals surface area contributed by atoms with Gasteiger partial charge in [0.15, 0.2) is 0 Å². The standard InChI is InChI=1S/C14H17N5O/c1-2-20-14-6-12(17-9-18-14)16-8-13-15-7-10-4-3-5-11(10)19-13/h6-7,9H,2-5,8H2,1H3,(H,16,17,18). The first-order chi connectivity index (χ1) is 9.85. The Morgan fingerprint density at radius 2 is 2.20 bits per heavy atom. The van der Waals surface area contributed by atoms with Crippen molar-refractivity contribution in [2.45, 2.75) is 32.7 Å². The predicted molar refractivity (Wildman–Crippen MR) is 74.6 cm³/mol. The minimum Gasteiger partial charge on any atom is -0.478 e. The molecule has 0 spiro atoms. The highest BCUT2D eigenvalue weighted by Crippen LogP contribution is 2.19. The Morgan fingerprint density at radius 3 is 3.10 bits per heavy atom. The van der Waals surface area contributed by atoms with Gasteiger partial charge in [0.05, 0.1) is 13.2 Å². The lowest BCUT2D eigenvalue weighted by molar-refractivity contribution is 0.326. The van der Waals surface area contributed by atoms with Gasteiger partial charge in [-0.05, 0) is 31.7 Å². The number of aryl methyl sites for hydroxylation is 2. The zero-order chi connectivity index (χ0) is 13.8. The Morgan fingerprint density at radius 1 is 1.25 bits per heavy atom. The summed E-state index contributed by atoms with van der Waals surface area (Å²) in [5.41, 5.74) is 2.48. The van der Waals surface area contributed by atoms with Crippen LogP contribution in [0.1, 0.15) is 30.4 Å². The summed E-state index contributed by atoms with van der Waals surface area (Å²) in [6.45, 7) is 3.06. The van der Waals surface area contributed by atoms with E-state index in [1.54, 1.807) is 6.07 Å². The van der Waals surface area contributed by atoms with E-state index in [9.17, 15) is 0 Å². The van der Waals surface area contributed by atoms with Crippen LogP contribution in [0, 0.1) is 0 Å². The Kier molecular flexibility index (Phi) is 3.71. The summed E-state index contributed by atoms with van der Waals surface area (Å²) in [6.07, 6.45) is 6.78. The van der Waals surface area contributed by atoms with Crippen molar-refractivity contribution in [2.75, 3.05) is 11.9 Å². The normalized spacial score (nSPS) is 13.1. The van der Waals surface area contributed by atoms with Crippen LogP contribution in [0.15, 0.2) is 18.6 Å². The number of rotatable bonds is 5. The van der Waals surface area contributed by atoms with E-state index in [1.807, 2.05) is 13.1 Å². The van der Waals surface area contributed by atoms with Gasteiger partial charge in [-0.3, -0.25) is 0 Å². The monoisotopic (exact) mass is 271 g/mol. The zero-order valence-electron chi connectivity index (χ0n) is 11.5. The minimum absolute atomic E-state index is 0.551. The molecule has 2 aromatic heterocycles. The summed E-state index contributed by atoms with van der Waals surface area (Å²) in [6, 6.07) is 1.77. The molecule has 0 saturated heterocycles. The van der Waals surface area contributed by atoms with E-state index in [4.69, 9.17) is 4.74 Å². The van der Waals surface area contributed by atoms with Crippen molar-refractivity contribution in [1.82, 2.24) is 19.9 Å². The summed E-state index contributed by atoms with van der Waals surface area (Å²) in [5, 5.41) is 3.19. The lowest BCUT2D eigenvalue weighted by Gasteiger charge is -2.07. The molecule has 0 aliphatic heterocycles. The molecule has 1 aliphatic carbocycles. The molecule has 104 valence electrons. The maximum Gasteiger partial charge on any atom is 0.218 e. The molecule has 0 radical (unpaired) electrons. The summed E-state index contributed by atoms with van der Waals surface area (Å²) in [5.74, 6) is 2.08. The first-order valence-electron chi connectivity index (χ1n) is 6.87. The van der Waals surface area contributed by atoms with Crippen LogP contribution >= 0.6 is 0 Å². The first-order valence-corrected chi connectivity index (χ1v) is 6.87. The van der Waals surface area contributed by atoms with Crippen molar-refractivity contribution < 1.29 is 4.74 Å². The van der Waals surface area contributed by atoms with Gasteiger partial charge in [0.1, 0.15) is 18.0 Å². The van der Waals surface area contributed by atoms with E-state index >= 15 is 0 Å². The zero-order valence-corrected chi connectivity index (χ0v) is 11.5. The molecule has 0 amide bonds. The molecule has 0 unspecified atom stereocenters. The number of aromatic nitrogens is 4. The van der Waals surface area contributed by atoms with Crippen LogP contribution in [0.3, 0.4) is 0 Å². The number of nitrogens with zero attached hydrogens (tertiary/aromatic N) is 4. The second kappa shape index (κ2) is 5.81. The average molecular weight is 271 g/mol. The van der Waals surface area contributed by atoms with Gasteiger partial charge in [-0.2, -0.15) is 0 Å². The molecule has 1 N–H and O–H groups in total. The van der Waals surface area contributed by atoms with E-state index in [0.717, 1.165) is 18.7 Å². The average Bonchev–Trinajstić information content (AvgIpc) is 2.93. The number of ether oxygens (including phenoxy) is 1. The highest BCUT2D eigenvalue weighted by atomic mass is 16.5. The van der Waals surface area contributed by atoms with Gasteiger partial charge in [-0.25, -0.2) is 19.9 Å². The second-order valence-electron chi connectivity index (χ2n) is 4.64. The molecule has 1 aliphatic rings. The quantitative estimate of drug-likeness (QED) is 0.893. The topological polar surface area (TPSA) is 72.8 Å². The van der Waals surface area contributed by atoms with E-state index in [-0.39, 0.29) is 0 Å². The van der Waals surface area contributed by atoms with E-state index in [0.29, 0.717) is 24.8 Å². The van der Waals surface area contributed by atoms with Crippen molar-refractivity contribution in [2.24, 2.45) is 0 Å². The number of fused-ring (bicyclic) bond motifs is 1. The third-order valence-corrected chi connectivity index (χ3v) is 3.23. The SMILES string of the molecule is CCOc1cc(NCc2ncc3c(n2)CCC3)ncn1. The van der Waals surface area contributed by atoms with Crippen molar-refractivity contribution in [3.63, 3.8) is 0 Å². The highest BCUT2D eigenvalue weighted by Gasteiger charge is 2.13. The molecule has 3 rings (SSSR count). The maximum atomic E-state index is 5.34. The van der Waals surface area contributed by atoms with Crippen LogP contribution in [0.4, 0.5) is 5.82 Å². The van der Waals surface area contributed by atoms with Crippen LogP contribution in [0.5, 0.6) is 5.88 Å². The lowest BCUT2D eigenvalue weighted by atomic mass is 10.3. The predicted octanol–water partition coefficient (Wildman–Crippen LogP) is 1.77. The van der Waals surface area contributed by atoms with Gasteiger partial charge in [0.2, 0.25) is 5.88 Å². The van der Waals surface area contributed by atoms with Crippen LogP contribution in [-0.2, 0) is 19.4 Å². The Hall–Kier alpha value is -2.24. The van der Waals surface area contributed by atoms with Crippen LogP contribution in [-0.4, -0.2) is 26.5 Å². The number of anilines is 1. The third kappa shape index (κ3) is 2.84. The summed E-state index contributed by atoms with van der Waals surface area (Å²) < 4.78 is 5.34. The second-order valence-corrected chi connectivity index (χ2v) is 4.64. The fourth-order valence-electron chi connectivity index (χ4n) is 2.27. The minimum atomic E-state index is 0.551. The molecule has 0 bridgehead atoms. The number of hydrogen-bond donors (Lipinski definition) is 1. The Labute approximate surface area is 117 Å². The molecule has 2 aromatic rings. The smallest absolute Gasteiger partial charge is 0.218 e. The Bertz CT molecular complexity index is 602. The van der Waals surface area contributed by atoms with Crippen LogP contribution in [0.25, 0.3) is 0 Å². The molecular formula is C14H17N5O. The number of hydrogen-bond acceptors (Lipinski definition) is 6. The van der Waals surface area contributed by atoms with Crippen molar-refractivity contribution in [3.8, 4) is 5.88 Å². The van der Waals surface area contributed by atoms with Crippen molar-refractivity contribution in [3.05, 3.63) is 35.7 Å². The van der Waals surface area contributed by atoms with Gasteiger partial charge >= 0.3 is 0 Å². The van der Waals surface area contributed by atoms with E-state index in [2.05, 4.69) is 25.3 Å².